The number of carbonyl (C=O) groups is 2. The van der Waals surface area contributed by atoms with Gasteiger partial charge in [0.2, 0.25) is 5.91 Å². The lowest BCUT2D eigenvalue weighted by Crippen LogP contribution is -2.37. The van der Waals surface area contributed by atoms with Gasteiger partial charge in [0.1, 0.15) is 17.9 Å². The van der Waals surface area contributed by atoms with E-state index in [1.807, 2.05) is 54.6 Å². The van der Waals surface area contributed by atoms with Crippen molar-refractivity contribution >= 4 is 17.5 Å². The summed E-state index contributed by atoms with van der Waals surface area (Å²) in [5, 5.41) is 5.62. The van der Waals surface area contributed by atoms with Crippen LogP contribution in [0.1, 0.15) is 35.7 Å². The van der Waals surface area contributed by atoms with E-state index < -0.39 is 11.5 Å². The van der Waals surface area contributed by atoms with Gasteiger partial charge in [-0.1, -0.05) is 49.4 Å². The molecule has 1 saturated carbocycles. The van der Waals surface area contributed by atoms with Crippen LogP contribution in [0, 0.1) is 0 Å². The largest absolute Gasteiger partial charge is 0.349 e. The molecule has 1 aliphatic carbocycles. The molecule has 0 aliphatic heterocycles. The lowest BCUT2D eigenvalue weighted by molar-refractivity contribution is -0.116. The average molecular weight is 416 g/mol. The molecule has 1 aromatic heterocycles. The molecular weight excluding hydrogens is 392 g/mol. The maximum absolute atomic E-state index is 13.2. The predicted octanol–water partition coefficient (Wildman–Crippen LogP) is 3.00. The first-order valence-electron chi connectivity index (χ1n) is 10.4. The van der Waals surface area contributed by atoms with Gasteiger partial charge in [0.15, 0.2) is 0 Å². The molecule has 158 valence electrons. The third-order valence-corrected chi connectivity index (χ3v) is 5.18. The Morgan fingerprint density at radius 3 is 2.42 bits per heavy atom. The van der Waals surface area contributed by atoms with Crippen LogP contribution in [0.25, 0.3) is 11.4 Å². The van der Waals surface area contributed by atoms with Gasteiger partial charge in [-0.05, 0) is 37.0 Å². The van der Waals surface area contributed by atoms with E-state index in [0.717, 1.165) is 19.3 Å². The molecule has 4 rings (SSSR count). The van der Waals surface area contributed by atoms with Gasteiger partial charge in [0.25, 0.3) is 11.5 Å². The van der Waals surface area contributed by atoms with Crippen LogP contribution >= 0.6 is 0 Å². The predicted molar refractivity (Wildman–Crippen MR) is 119 cm³/mol. The van der Waals surface area contributed by atoms with Crippen molar-refractivity contribution in [3.05, 3.63) is 82.3 Å². The minimum Gasteiger partial charge on any atom is -0.349 e. The molecule has 1 aliphatic rings. The Balaban J connectivity index is 1.64. The van der Waals surface area contributed by atoms with E-state index in [1.54, 1.807) is 0 Å². The van der Waals surface area contributed by atoms with Crippen LogP contribution in [0.4, 0.5) is 5.69 Å². The molecule has 0 saturated heterocycles. The molecule has 0 bridgehead atoms. The second-order valence-electron chi connectivity index (χ2n) is 7.60. The van der Waals surface area contributed by atoms with E-state index in [1.165, 1.54) is 16.3 Å². The summed E-state index contributed by atoms with van der Waals surface area (Å²) < 4.78 is 1.26. The first-order valence-corrected chi connectivity index (χ1v) is 10.4. The SMILES string of the molecule is CCc1ccc(NC(=O)Cn2c(-c3ccccc3)ncc(C(=O)NC3CC3)c2=O)cc1. The van der Waals surface area contributed by atoms with Gasteiger partial charge in [-0.25, -0.2) is 4.98 Å². The zero-order chi connectivity index (χ0) is 21.8. The fourth-order valence-corrected chi connectivity index (χ4v) is 3.27. The summed E-state index contributed by atoms with van der Waals surface area (Å²) in [6, 6.07) is 16.8. The Morgan fingerprint density at radius 2 is 1.77 bits per heavy atom. The second kappa shape index (κ2) is 8.95. The van der Waals surface area contributed by atoms with Crippen LogP contribution in [0.3, 0.4) is 0 Å². The number of hydrogen-bond donors (Lipinski definition) is 2. The summed E-state index contributed by atoms with van der Waals surface area (Å²) in [5.41, 5.74) is 1.90. The van der Waals surface area contributed by atoms with Crippen molar-refractivity contribution in [2.45, 2.75) is 38.8 Å². The zero-order valence-electron chi connectivity index (χ0n) is 17.3. The molecule has 3 aromatic rings. The molecule has 0 unspecified atom stereocenters. The van der Waals surface area contributed by atoms with Crippen LogP contribution in [-0.2, 0) is 17.8 Å². The number of hydrogen-bond acceptors (Lipinski definition) is 4. The molecule has 0 atom stereocenters. The summed E-state index contributed by atoms with van der Waals surface area (Å²) in [7, 11) is 0. The number of benzene rings is 2. The molecule has 2 aromatic carbocycles. The van der Waals surface area contributed by atoms with E-state index >= 15 is 0 Å². The number of carbonyl (C=O) groups excluding carboxylic acids is 2. The zero-order valence-corrected chi connectivity index (χ0v) is 17.3. The van der Waals surface area contributed by atoms with Crippen molar-refractivity contribution in [1.29, 1.82) is 0 Å². The minimum absolute atomic E-state index is 0.0633. The highest BCUT2D eigenvalue weighted by molar-refractivity contribution is 5.94. The van der Waals surface area contributed by atoms with Gasteiger partial charge in [0.05, 0.1) is 0 Å². The molecule has 7 nitrogen and oxygen atoms in total. The molecule has 0 spiro atoms. The van der Waals surface area contributed by atoms with E-state index in [0.29, 0.717) is 17.1 Å². The Kier molecular flexibility index (Phi) is 5.93. The monoisotopic (exact) mass is 416 g/mol. The molecule has 1 heterocycles. The highest BCUT2D eigenvalue weighted by Gasteiger charge is 2.26. The lowest BCUT2D eigenvalue weighted by Gasteiger charge is -2.14. The van der Waals surface area contributed by atoms with Gasteiger partial charge >= 0.3 is 0 Å². The van der Waals surface area contributed by atoms with Crippen molar-refractivity contribution in [2.24, 2.45) is 0 Å². The van der Waals surface area contributed by atoms with Crippen LogP contribution in [0.2, 0.25) is 0 Å². The first kappa shape index (κ1) is 20.5. The minimum atomic E-state index is -0.538. The van der Waals surface area contributed by atoms with Crippen molar-refractivity contribution in [2.75, 3.05) is 5.32 Å². The number of nitrogens with zero attached hydrogens (tertiary/aromatic N) is 2. The number of aryl methyl sites for hydroxylation is 1. The summed E-state index contributed by atoms with van der Waals surface area (Å²) in [6.45, 7) is 1.81. The first-order chi connectivity index (χ1) is 15.0. The molecule has 31 heavy (non-hydrogen) atoms. The fraction of sp³-hybridized carbons (Fsp3) is 0.250. The van der Waals surface area contributed by atoms with Gasteiger partial charge in [-0.3, -0.25) is 19.0 Å². The number of nitrogens with one attached hydrogen (secondary N) is 2. The quantitative estimate of drug-likeness (QED) is 0.619. The van der Waals surface area contributed by atoms with Gasteiger partial charge in [-0.15, -0.1) is 0 Å². The van der Waals surface area contributed by atoms with Crippen LogP contribution in [0.5, 0.6) is 0 Å². The molecular formula is C24H24N4O3. The number of amides is 2. The Bertz CT molecular complexity index is 1150. The van der Waals surface area contributed by atoms with E-state index in [4.69, 9.17) is 0 Å². The van der Waals surface area contributed by atoms with Gasteiger partial charge in [-0.2, -0.15) is 0 Å². The van der Waals surface area contributed by atoms with Crippen LogP contribution < -0.4 is 16.2 Å². The van der Waals surface area contributed by atoms with E-state index in [9.17, 15) is 14.4 Å². The summed E-state index contributed by atoms with van der Waals surface area (Å²) in [4.78, 5) is 42.8. The van der Waals surface area contributed by atoms with Gasteiger partial charge in [0, 0.05) is 23.5 Å². The van der Waals surface area contributed by atoms with Gasteiger partial charge < -0.3 is 10.6 Å². The van der Waals surface area contributed by atoms with Crippen molar-refractivity contribution in [3.8, 4) is 11.4 Å². The topological polar surface area (TPSA) is 93.1 Å². The standard InChI is InChI=1S/C24H24N4O3/c1-2-16-8-10-18(11-9-16)26-21(29)15-28-22(17-6-4-3-5-7-17)25-14-20(24(28)31)23(30)27-19-12-13-19/h3-11,14,19H,2,12-13,15H2,1H3,(H,26,29)(H,27,30). The molecule has 0 radical (unpaired) electrons. The second-order valence-corrected chi connectivity index (χ2v) is 7.60. The Morgan fingerprint density at radius 1 is 1.06 bits per heavy atom. The average Bonchev–Trinajstić information content (AvgIpc) is 3.60. The van der Waals surface area contributed by atoms with Crippen molar-refractivity contribution < 1.29 is 9.59 Å². The smallest absolute Gasteiger partial charge is 0.267 e. The summed E-state index contributed by atoms with van der Waals surface area (Å²) in [5.74, 6) is -0.487. The van der Waals surface area contributed by atoms with Crippen LogP contribution in [0.15, 0.2) is 65.6 Å². The Hall–Kier alpha value is -3.74. The van der Waals surface area contributed by atoms with Crippen molar-refractivity contribution in [1.82, 2.24) is 14.9 Å². The van der Waals surface area contributed by atoms with E-state index in [-0.39, 0.29) is 24.1 Å². The number of anilines is 1. The maximum Gasteiger partial charge on any atom is 0.267 e. The Labute approximate surface area is 180 Å². The summed E-state index contributed by atoms with van der Waals surface area (Å²) >= 11 is 0. The molecule has 1 fully saturated rings. The number of rotatable bonds is 7. The fourth-order valence-electron chi connectivity index (χ4n) is 3.27. The summed E-state index contributed by atoms with van der Waals surface area (Å²) in [6.07, 6.45) is 4.02. The normalized spacial score (nSPS) is 12.9. The highest BCUT2D eigenvalue weighted by atomic mass is 16.2. The highest BCUT2D eigenvalue weighted by Crippen LogP contribution is 2.20. The van der Waals surface area contributed by atoms with Crippen LogP contribution in [-0.4, -0.2) is 27.4 Å². The third-order valence-electron chi connectivity index (χ3n) is 5.18. The molecule has 2 N–H and O–H groups in total. The third kappa shape index (κ3) is 4.88. The number of aromatic nitrogens is 2. The lowest BCUT2D eigenvalue weighted by atomic mass is 10.1. The molecule has 7 heteroatoms. The van der Waals surface area contributed by atoms with E-state index in [2.05, 4.69) is 22.5 Å². The maximum atomic E-state index is 13.2. The molecule has 2 amide bonds. The van der Waals surface area contributed by atoms with Crippen molar-refractivity contribution in [3.63, 3.8) is 0 Å².